The topological polar surface area (TPSA) is 88.4 Å². The number of aromatic nitrogens is 3. The molecular weight excluding hydrogens is 368 g/mol. The summed E-state index contributed by atoms with van der Waals surface area (Å²) in [5.41, 5.74) is 1.90. The van der Waals surface area contributed by atoms with Crippen LogP contribution in [-0.4, -0.2) is 33.1 Å². The number of fused-ring (bicyclic) bond motifs is 1. The minimum absolute atomic E-state index is 0.0739. The maximum atomic E-state index is 11.1. The zero-order valence-electron chi connectivity index (χ0n) is 15.9. The first kappa shape index (κ1) is 18.4. The summed E-state index contributed by atoms with van der Waals surface area (Å²) in [6.45, 7) is 1.87. The monoisotopic (exact) mass is 386 g/mol. The highest BCUT2D eigenvalue weighted by Gasteiger charge is 2.12. The highest BCUT2D eigenvalue weighted by molar-refractivity contribution is 5.91. The minimum atomic E-state index is -1.05. The lowest BCUT2D eigenvalue weighted by Gasteiger charge is -2.20. The van der Waals surface area contributed by atoms with Gasteiger partial charge in [0.25, 0.3) is 0 Å². The van der Waals surface area contributed by atoms with Crippen molar-refractivity contribution in [2.75, 3.05) is 11.9 Å². The average Bonchev–Trinajstić information content (AvgIpc) is 2.73. The van der Waals surface area contributed by atoms with Gasteiger partial charge in [-0.25, -0.2) is 14.8 Å². The number of carboxylic acids is 1. The zero-order chi connectivity index (χ0) is 20.4. The normalized spacial score (nSPS) is 10.7. The Bertz CT molecular complexity index is 1190. The van der Waals surface area contributed by atoms with Gasteiger partial charge in [0.15, 0.2) is 0 Å². The molecule has 0 saturated heterocycles. The third kappa shape index (κ3) is 3.84. The van der Waals surface area contributed by atoms with Gasteiger partial charge in [0.2, 0.25) is 0 Å². The van der Waals surface area contributed by atoms with Crippen molar-refractivity contribution < 1.29 is 14.6 Å². The van der Waals surface area contributed by atoms with E-state index < -0.39 is 5.97 Å². The molecular formula is C22H18N4O3. The molecule has 0 spiro atoms. The number of benzene rings is 2. The van der Waals surface area contributed by atoms with Crippen molar-refractivity contribution in [3.8, 4) is 11.5 Å². The number of aryl methyl sites for hydroxylation is 1. The highest BCUT2D eigenvalue weighted by Crippen LogP contribution is 2.30. The number of ether oxygens (including phenoxy) is 1. The van der Waals surface area contributed by atoms with Gasteiger partial charge in [-0.05, 0) is 49.4 Å². The predicted molar refractivity (Wildman–Crippen MR) is 110 cm³/mol. The first-order valence-corrected chi connectivity index (χ1v) is 8.94. The van der Waals surface area contributed by atoms with Crippen molar-refractivity contribution in [3.63, 3.8) is 0 Å². The van der Waals surface area contributed by atoms with Crippen LogP contribution in [0.15, 0.2) is 67.0 Å². The predicted octanol–water partition coefficient (Wildman–Crippen LogP) is 4.59. The molecule has 144 valence electrons. The molecule has 0 aliphatic heterocycles. The molecule has 2 aromatic carbocycles. The summed E-state index contributed by atoms with van der Waals surface area (Å²) in [7, 11) is 1.95. The second-order valence-electron chi connectivity index (χ2n) is 6.48. The molecule has 0 unspecified atom stereocenters. The Morgan fingerprint density at radius 3 is 2.52 bits per heavy atom. The fourth-order valence-electron chi connectivity index (χ4n) is 3.02. The van der Waals surface area contributed by atoms with E-state index in [4.69, 9.17) is 9.84 Å². The summed E-state index contributed by atoms with van der Waals surface area (Å²) in [6, 6.07) is 16.8. The maximum Gasteiger partial charge on any atom is 0.337 e. The van der Waals surface area contributed by atoms with Crippen molar-refractivity contribution in [1.29, 1.82) is 0 Å². The van der Waals surface area contributed by atoms with Crippen LogP contribution in [0.5, 0.6) is 11.5 Å². The van der Waals surface area contributed by atoms with E-state index >= 15 is 0 Å². The molecule has 1 N–H and O–H groups in total. The molecule has 2 aromatic heterocycles. The third-order valence-electron chi connectivity index (χ3n) is 4.43. The standard InChI is InChI=1S/C22H18N4O3/c1-14-24-20-6-4-3-5-19(20)21(25-14)26(2)16-7-9-17(10-8-16)29-18-11-15(22(27)28)12-23-13-18/h3-13H,1-2H3,(H,27,28). The second kappa shape index (κ2) is 7.55. The van der Waals surface area contributed by atoms with Gasteiger partial charge in [-0.2, -0.15) is 0 Å². The largest absolute Gasteiger partial charge is 0.478 e. The average molecular weight is 386 g/mol. The van der Waals surface area contributed by atoms with Crippen LogP contribution in [0.1, 0.15) is 16.2 Å². The van der Waals surface area contributed by atoms with E-state index in [0.29, 0.717) is 17.3 Å². The lowest BCUT2D eigenvalue weighted by atomic mass is 10.2. The van der Waals surface area contributed by atoms with Crippen LogP contribution in [0.4, 0.5) is 11.5 Å². The number of nitrogens with zero attached hydrogens (tertiary/aromatic N) is 4. The summed E-state index contributed by atoms with van der Waals surface area (Å²) in [5, 5.41) is 10.0. The number of hydrogen-bond acceptors (Lipinski definition) is 6. The Hall–Kier alpha value is -4.00. The van der Waals surface area contributed by atoms with Crippen LogP contribution in [0.3, 0.4) is 0 Å². The molecule has 0 atom stereocenters. The molecule has 0 radical (unpaired) electrons. The van der Waals surface area contributed by atoms with Crippen LogP contribution >= 0.6 is 0 Å². The van der Waals surface area contributed by atoms with E-state index in [0.717, 1.165) is 22.4 Å². The molecule has 7 heteroatoms. The van der Waals surface area contributed by atoms with E-state index in [1.54, 1.807) is 0 Å². The number of carboxylic acid groups (broad SMARTS) is 1. The number of anilines is 2. The Kier molecular flexibility index (Phi) is 4.78. The van der Waals surface area contributed by atoms with Gasteiger partial charge in [0.05, 0.1) is 17.3 Å². The summed E-state index contributed by atoms with van der Waals surface area (Å²) >= 11 is 0. The van der Waals surface area contributed by atoms with Gasteiger partial charge in [-0.1, -0.05) is 12.1 Å². The van der Waals surface area contributed by atoms with Crippen molar-refractivity contribution in [1.82, 2.24) is 15.0 Å². The zero-order valence-corrected chi connectivity index (χ0v) is 15.9. The Morgan fingerprint density at radius 2 is 1.76 bits per heavy atom. The first-order valence-electron chi connectivity index (χ1n) is 8.94. The van der Waals surface area contributed by atoms with E-state index in [1.807, 2.05) is 67.4 Å². The van der Waals surface area contributed by atoms with Crippen LogP contribution in [0.2, 0.25) is 0 Å². The summed E-state index contributed by atoms with van der Waals surface area (Å²) in [4.78, 5) is 26.1. The smallest absolute Gasteiger partial charge is 0.337 e. The maximum absolute atomic E-state index is 11.1. The molecule has 4 aromatic rings. The number of pyridine rings is 1. The lowest BCUT2D eigenvalue weighted by molar-refractivity contribution is 0.0696. The number of carbonyl (C=O) groups is 1. The molecule has 0 aliphatic rings. The second-order valence-corrected chi connectivity index (χ2v) is 6.48. The lowest BCUT2D eigenvalue weighted by Crippen LogP contribution is -2.12. The Balaban J connectivity index is 1.60. The fraction of sp³-hybridized carbons (Fsp3) is 0.0909. The molecule has 2 heterocycles. The summed E-state index contributed by atoms with van der Waals surface area (Å²) in [5.74, 6) is 1.42. The molecule has 0 bridgehead atoms. The molecule has 0 saturated carbocycles. The Morgan fingerprint density at radius 1 is 1.00 bits per heavy atom. The number of rotatable bonds is 5. The SMILES string of the molecule is Cc1nc(N(C)c2ccc(Oc3cncc(C(=O)O)c3)cc2)c2ccccc2n1. The minimum Gasteiger partial charge on any atom is -0.478 e. The van der Waals surface area contributed by atoms with Crippen LogP contribution in [-0.2, 0) is 0 Å². The van der Waals surface area contributed by atoms with Crippen LogP contribution < -0.4 is 9.64 Å². The van der Waals surface area contributed by atoms with E-state index in [-0.39, 0.29) is 5.56 Å². The number of aromatic carboxylic acids is 1. The number of hydrogen-bond donors (Lipinski definition) is 1. The van der Waals surface area contributed by atoms with Gasteiger partial charge >= 0.3 is 5.97 Å². The summed E-state index contributed by atoms with van der Waals surface area (Å²) in [6.07, 6.45) is 2.75. The highest BCUT2D eigenvalue weighted by atomic mass is 16.5. The molecule has 0 amide bonds. The van der Waals surface area contributed by atoms with Crippen molar-refractivity contribution in [3.05, 3.63) is 78.4 Å². The van der Waals surface area contributed by atoms with E-state index in [2.05, 4.69) is 15.0 Å². The fourth-order valence-corrected chi connectivity index (χ4v) is 3.02. The molecule has 7 nitrogen and oxygen atoms in total. The molecule has 29 heavy (non-hydrogen) atoms. The summed E-state index contributed by atoms with van der Waals surface area (Å²) < 4.78 is 5.73. The van der Waals surface area contributed by atoms with Crippen LogP contribution in [0, 0.1) is 6.92 Å². The van der Waals surface area contributed by atoms with Crippen molar-refractivity contribution >= 4 is 28.4 Å². The molecule has 4 rings (SSSR count). The van der Waals surface area contributed by atoms with Gasteiger partial charge in [-0.15, -0.1) is 0 Å². The van der Waals surface area contributed by atoms with Crippen molar-refractivity contribution in [2.24, 2.45) is 0 Å². The van der Waals surface area contributed by atoms with Gasteiger partial charge in [0.1, 0.15) is 23.1 Å². The first-order chi connectivity index (χ1) is 14.0. The van der Waals surface area contributed by atoms with Gasteiger partial charge in [-0.3, -0.25) is 4.98 Å². The molecule has 0 aliphatic carbocycles. The van der Waals surface area contributed by atoms with Crippen LogP contribution in [0.25, 0.3) is 10.9 Å². The van der Waals surface area contributed by atoms with Gasteiger partial charge < -0.3 is 14.7 Å². The third-order valence-corrected chi connectivity index (χ3v) is 4.43. The molecule has 0 fully saturated rings. The Labute approximate surface area is 167 Å². The van der Waals surface area contributed by atoms with E-state index in [1.165, 1.54) is 18.5 Å². The number of para-hydroxylation sites is 1. The van der Waals surface area contributed by atoms with Gasteiger partial charge in [0, 0.05) is 24.3 Å². The van der Waals surface area contributed by atoms with E-state index in [9.17, 15) is 4.79 Å². The quantitative estimate of drug-likeness (QED) is 0.536. The van der Waals surface area contributed by atoms with Crippen molar-refractivity contribution in [2.45, 2.75) is 6.92 Å².